The second kappa shape index (κ2) is 6.17. The van der Waals surface area contributed by atoms with E-state index in [2.05, 4.69) is 10.3 Å². The molecule has 0 saturated carbocycles. The normalized spacial score (nSPS) is 14.6. The van der Waals surface area contributed by atoms with Crippen LogP contribution in [-0.2, 0) is 4.79 Å². The number of carbonyl (C=O) groups is 1. The smallest absolute Gasteiger partial charge is 0.408 e. The minimum atomic E-state index is -4.81. The SMILES string of the molecule is CNC(=O)[C@H](C)NC(c1c[nH]c(C)c(O)c1=O)C(F)(F)F. The zero-order valence-corrected chi connectivity index (χ0v) is 11.6. The number of alkyl halides is 3. The van der Waals surface area contributed by atoms with Crippen LogP contribution >= 0.6 is 0 Å². The van der Waals surface area contributed by atoms with Gasteiger partial charge < -0.3 is 15.4 Å². The van der Waals surface area contributed by atoms with Crippen molar-refractivity contribution in [1.82, 2.24) is 15.6 Å². The maximum atomic E-state index is 13.1. The molecular weight excluding hydrogens is 291 g/mol. The van der Waals surface area contributed by atoms with Crippen LogP contribution in [0.5, 0.6) is 5.75 Å². The molecule has 0 saturated heterocycles. The van der Waals surface area contributed by atoms with E-state index in [0.29, 0.717) is 0 Å². The molecule has 0 aliphatic heterocycles. The first-order chi connectivity index (χ1) is 9.59. The summed E-state index contributed by atoms with van der Waals surface area (Å²) in [5, 5.41) is 13.7. The van der Waals surface area contributed by atoms with Crippen molar-refractivity contribution in [2.45, 2.75) is 32.1 Å². The lowest BCUT2D eigenvalue weighted by Crippen LogP contribution is -2.47. The minimum Gasteiger partial charge on any atom is -0.503 e. The largest absolute Gasteiger partial charge is 0.503 e. The summed E-state index contributed by atoms with van der Waals surface area (Å²) >= 11 is 0. The predicted octanol–water partition coefficient (Wildman–Crippen LogP) is 0.716. The van der Waals surface area contributed by atoms with Crippen LogP contribution in [0.3, 0.4) is 0 Å². The van der Waals surface area contributed by atoms with Gasteiger partial charge in [0.2, 0.25) is 11.3 Å². The molecule has 0 spiro atoms. The van der Waals surface area contributed by atoms with Gasteiger partial charge in [0.1, 0.15) is 6.04 Å². The molecule has 118 valence electrons. The number of amides is 1. The van der Waals surface area contributed by atoms with E-state index in [1.54, 1.807) is 0 Å². The Morgan fingerprint density at radius 3 is 2.48 bits per heavy atom. The topological polar surface area (TPSA) is 94.2 Å². The number of aryl methyl sites for hydroxylation is 1. The second-order valence-corrected chi connectivity index (χ2v) is 4.52. The fourth-order valence-corrected chi connectivity index (χ4v) is 1.74. The number of likely N-dealkylation sites (N-methyl/N-ethyl adjacent to an activating group) is 1. The van der Waals surface area contributed by atoms with E-state index >= 15 is 0 Å². The fourth-order valence-electron chi connectivity index (χ4n) is 1.74. The van der Waals surface area contributed by atoms with Gasteiger partial charge in [-0.2, -0.15) is 13.2 Å². The molecule has 6 nitrogen and oxygen atoms in total. The molecule has 0 fully saturated rings. The highest BCUT2D eigenvalue weighted by molar-refractivity contribution is 5.81. The van der Waals surface area contributed by atoms with Crippen molar-refractivity contribution in [1.29, 1.82) is 0 Å². The predicted molar refractivity (Wildman–Crippen MR) is 68.9 cm³/mol. The van der Waals surface area contributed by atoms with E-state index < -0.39 is 40.9 Å². The number of aromatic nitrogens is 1. The van der Waals surface area contributed by atoms with Gasteiger partial charge in [0.25, 0.3) is 0 Å². The fraction of sp³-hybridized carbons (Fsp3) is 0.500. The summed E-state index contributed by atoms with van der Waals surface area (Å²) in [5.74, 6) is -1.44. The Hall–Kier alpha value is -2.03. The van der Waals surface area contributed by atoms with Gasteiger partial charge in [-0.25, -0.2) is 0 Å². The molecule has 4 N–H and O–H groups in total. The van der Waals surface area contributed by atoms with E-state index in [9.17, 15) is 27.9 Å². The van der Waals surface area contributed by atoms with Crippen molar-refractivity contribution in [3.8, 4) is 5.75 Å². The quantitative estimate of drug-likeness (QED) is 0.659. The van der Waals surface area contributed by atoms with Crippen LogP contribution in [0.1, 0.15) is 24.2 Å². The molecule has 0 bridgehead atoms. The maximum Gasteiger partial charge on any atom is 0.408 e. The number of nitrogens with one attached hydrogen (secondary N) is 3. The van der Waals surface area contributed by atoms with Crippen molar-refractivity contribution in [2.24, 2.45) is 0 Å². The van der Waals surface area contributed by atoms with Crippen molar-refractivity contribution >= 4 is 5.91 Å². The highest BCUT2D eigenvalue weighted by Crippen LogP contribution is 2.32. The molecular formula is C12H16F3N3O3. The standard InChI is InChI=1S/C12H16F3N3O3/c1-5-8(19)9(20)7(4-17-5)10(12(13,14)15)18-6(2)11(21)16-3/h4,6,10,18-19H,1-3H3,(H,16,21)(H,17,20)/t6-,10?/m0/s1. The lowest BCUT2D eigenvalue weighted by Gasteiger charge is -2.24. The summed E-state index contributed by atoms with van der Waals surface area (Å²) < 4.78 is 39.4. The van der Waals surface area contributed by atoms with Gasteiger partial charge in [0.05, 0.1) is 11.7 Å². The summed E-state index contributed by atoms with van der Waals surface area (Å²) in [5.41, 5.74) is -1.78. The van der Waals surface area contributed by atoms with Gasteiger partial charge in [0, 0.05) is 18.8 Å². The van der Waals surface area contributed by atoms with Gasteiger partial charge in [-0.3, -0.25) is 14.9 Å². The third-order valence-electron chi connectivity index (χ3n) is 2.97. The zero-order chi connectivity index (χ0) is 16.4. The van der Waals surface area contributed by atoms with Crippen LogP contribution < -0.4 is 16.1 Å². The molecule has 1 heterocycles. The van der Waals surface area contributed by atoms with E-state index in [4.69, 9.17) is 0 Å². The summed E-state index contributed by atoms with van der Waals surface area (Å²) in [6.45, 7) is 2.59. The average molecular weight is 307 g/mol. The summed E-state index contributed by atoms with van der Waals surface area (Å²) in [7, 11) is 1.29. The summed E-state index contributed by atoms with van der Waals surface area (Å²) in [6, 6.07) is -3.55. The Morgan fingerprint density at radius 1 is 1.43 bits per heavy atom. The molecule has 9 heteroatoms. The van der Waals surface area contributed by atoms with Crippen molar-refractivity contribution in [3.05, 3.63) is 27.7 Å². The number of halogens is 3. The monoisotopic (exact) mass is 307 g/mol. The van der Waals surface area contributed by atoms with Gasteiger partial charge in [0.15, 0.2) is 5.75 Å². The zero-order valence-electron chi connectivity index (χ0n) is 11.6. The minimum absolute atomic E-state index is 0.0593. The Morgan fingerprint density at radius 2 is 2.00 bits per heavy atom. The highest BCUT2D eigenvalue weighted by atomic mass is 19.4. The van der Waals surface area contributed by atoms with Crippen LogP contribution in [-0.4, -0.2) is 35.3 Å². The Bertz CT molecular complexity index is 583. The van der Waals surface area contributed by atoms with E-state index in [1.165, 1.54) is 20.9 Å². The number of pyridine rings is 1. The number of carbonyl (C=O) groups excluding carboxylic acids is 1. The highest BCUT2D eigenvalue weighted by Gasteiger charge is 2.43. The van der Waals surface area contributed by atoms with E-state index in [-0.39, 0.29) is 5.69 Å². The Kier molecular flexibility index (Phi) is 5.00. The molecule has 0 aromatic carbocycles. The number of rotatable bonds is 4. The first-order valence-electron chi connectivity index (χ1n) is 6.05. The van der Waals surface area contributed by atoms with Crippen LogP contribution in [0.15, 0.2) is 11.0 Å². The Labute approximate surface area is 118 Å². The molecule has 1 unspecified atom stereocenters. The summed E-state index contributed by atoms with van der Waals surface area (Å²) in [4.78, 5) is 25.5. The lowest BCUT2D eigenvalue weighted by molar-refractivity contribution is -0.160. The molecule has 0 radical (unpaired) electrons. The Balaban J connectivity index is 3.25. The van der Waals surface area contributed by atoms with E-state index in [1.807, 2.05) is 5.32 Å². The molecule has 1 aromatic heterocycles. The molecule has 0 aliphatic rings. The molecule has 2 atom stereocenters. The number of H-pyrrole nitrogens is 1. The number of aromatic hydroxyl groups is 1. The third-order valence-corrected chi connectivity index (χ3v) is 2.97. The number of hydrogen-bond acceptors (Lipinski definition) is 4. The molecule has 21 heavy (non-hydrogen) atoms. The molecule has 1 amide bonds. The number of aromatic amines is 1. The first kappa shape index (κ1) is 17.0. The number of hydrogen-bond donors (Lipinski definition) is 4. The van der Waals surface area contributed by atoms with E-state index in [0.717, 1.165) is 6.20 Å². The average Bonchev–Trinajstić information content (AvgIpc) is 2.40. The van der Waals surface area contributed by atoms with Crippen molar-refractivity contribution < 1.29 is 23.1 Å². The third kappa shape index (κ3) is 3.75. The summed E-state index contributed by atoms with van der Waals surface area (Å²) in [6.07, 6.45) is -3.93. The first-order valence-corrected chi connectivity index (χ1v) is 6.05. The van der Waals surface area contributed by atoms with Crippen molar-refractivity contribution in [2.75, 3.05) is 7.05 Å². The van der Waals surface area contributed by atoms with Gasteiger partial charge >= 0.3 is 6.18 Å². The van der Waals surface area contributed by atoms with Gasteiger partial charge in [-0.15, -0.1) is 0 Å². The van der Waals surface area contributed by atoms with Gasteiger partial charge in [-0.05, 0) is 13.8 Å². The maximum absolute atomic E-state index is 13.1. The van der Waals surface area contributed by atoms with Crippen LogP contribution in [0.4, 0.5) is 13.2 Å². The molecule has 1 rings (SSSR count). The van der Waals surface area contributed by atoms with Crippen LogP contribution in [0.25, 0.3) is 0 Å². The molecule has 1 aromatic rings. The second-order valence-electron chi connectivity index (χ2n) is 4.52. The van der Waals surface area contributed by atoms with Gasteiger partial charge in [-0.1, -0.05) is 0 Å². The van der Waals surface area contributed by atoms with Crippen molar-refractivity contribution in [3.63, 3.8) is 0 Å². The molecule has 0 aliphatic carbocycles. The van der Waals surface area contributed by atoms with Crippen LogP contribution in [0.2, 0.25) is 0 Å². The lowest BCUT2D eigenvalue weighted by atomic mass is 10.1. The van der Waals surface area contributed by atoms with Crippen LogP contribution in [0, 0.1) is 6.92 Å².